The summed E-state index contributed by atoms with van der Waals surface area (Å²) < 4.78 is 5.30. The predicted molar refractivity (Wildman–Crippen MR) is 113 cm³/mol. The van der Waals surface area contributed by atoms with Gasteiger partial charge in [0.2, 0.25) is 11.8 Å². The van der Waals surface area contributed by atoms with Gasteiger partial charge in [0, 0.05) is 13.2 Å². The van der Waals surface area contributed by atoms with Crippen molar-refractivity contribution in [1.29, 1.82) is 0 Å². The first kappa shape index (κ1) is 23.2. The van der Waals surface area contributed by atoms with Crippen LogP contribution in [0.3, 0.4) is 0 Å². The van der Waals surface area contributed by atoms with Crippen LogP contribution in [0.1, 0.15) is 38.7 Å². The lowest BCUT2D eigenvalue weighted by molar-refractivity contribution is -0.143. The first-order valence-corrected chi connectivity index (χ1v) is 10.4. The quantitative estimate of drug-likeness (QED) is 0.454. The number of thiol groups is 1. The van der Waals surface area contributed by atoms with Gasteiger partial charge in [0.15, 0.2) is 0 Å². The van der Waals surface area contributed by atoms with Gasteiger partial charge in [-0.05, 0) is 51.0 Å². The van der Waals surface area contributed by atoms with Crippen molar-refractivity contribution in [1.82, 2.24) is 10.6 Å². The summed E-state index contributed by atoms with van der Waals surface area (Å²) in [6.45, 7) is 4.31. The SMILES string of the molecule is CC(C)(NC(=O)[C@@H](S)C1CCOCC1)C(=O)N[C@H](CCc1ccccc1)C(=O)O. The molecule has 2 atom stereocenters. The average molecular weight is 423 g/mol. The number of carboxylic acids is 1. The molecule has 1 heterocycles. The monoisotopic (exact) mass is 422 g/mol. The van der Waals surface area contributed by atoms with E-state index in [2.05, 4.69) is 23.3 Å². The fourth-order valence-corrected chi connectivity index (χ4v) is 3.60. The molecular weight excluding hydrogens is 392 g/mol. The lowest BCUT2D eigenvalue weighted by Crippen LogP contribution is -2.59. The number of hydrogen-bond donors (Lipinski definition) is 4. The number of ether oxygens (including phenoxy) is 1. The van der Waals surface area contributed by atoms with Crippen molar-refractivity contribution in [3.63, 3.8) is 0 Å². The number of aliphatic carboxylic acids is 1. The van der Waals surface area contributed by atoms with Gasteiger partial charge in [0.1, 0.15) is 11.6 Å². The molecular formula is C21H30N2O5S. The van der Waals surface area contributed by atoms with Crippen LogP contribution in [0.25, 0.3) is 0 Å². The summed E-state index contributed by atoms with van der Waals surface area (Å²) >= 11 is 4.43. The van der Waals surface area contributed by atoms with Crippen LogP contribution in [0.4, 0.5) is 0 Å². The maximum Gasteiger partial charge on any atom is 0.326 e. The Hall–Kier alpha value is -2.06. The van der Waals surface area contributed by atoms with Crippen LogP contribution in [-0.4, -0.2) is 52.9 Å². The Morgan fingerprint density at radius 1 is 1.21 bits per heavy atom. The Bertz CT molecular complexity index is 704. The second-order valence-electron chi connectivity index (χ2n) is 7.90. The molecule has 29 heavy (non-hydrogen) atoms. The zero-order valence-corrected chi connectivity index (χ0v) is 17.8. The third-order valence-electron chi connectivity index (χ3n) is 5.15. The van der Waals surface area contributed by atoms with E-state index < -0.39 is 28.7 Å². The van der Waals surface area contributed by atoms with Crippen LogP contribution in [0, 0.1) is 5.92 Å². The molecule has 7 nitrogen and oxygen atoms in total. The largest absolute Gasteiger partial charge is 0.480 e. The molecule has 2 amide bonds. The number of carbonyl (C=O) groups is 3. The lowest BCUT2D eigenvalue weighted by Gasteiger charge is -2.31. The molecule has 1 saturated heterocycles. The Kier molecular flexibility index (Phi) is 8.52. The Morgan fingerprint density at radius 3 is 2.41 bits per heavy atom. The summed E-state index contributed by atoms with van der Waals surface area (Å²) in [7, 11) is 0. The summed E-state index contributed by atoms with van der Waals surface area (Å²) in [5.41, 5.74) is -0.265. The second-order valence-corrected chi connectivity index (χ2v) is 8.45. The summed E-state index contributed by atoms with van der Waals surface area (Å²) in [5.74, 6) is -1.90. The van der Waals surface area contributed by atoms with Crippen molar-refractivity contribution in [2.45, 2.75) is 56.4 Å². The first-order chi connectivity index (χ1) is 13.7. The number of amides is 2. The molecule has 1 aliphatic heterocycles. The van der Waals surface area contributed by atoms with Gasteiger partial charge >= 0.3 is 5.97 Å². The summed E-state index contributed by atoms with van der Waals surface area (Å²) in [6.07, 6.45) is 2.27. The standard InChI is InChI=1S/C21H30N2O5S/c1-21(2,23-18(24)17(29)15-10-12-28-13-11-15)20(27)22-16(19(25)26)9-8-14-6-4-3-5-7-14/h3-7,15-17,29H,8-13H2,1-2H3,(H,22,27)(H,23,24)(H,25,26)/t16-,17+/m1/s1. The summed E-state index contributed by atoms with van der Waals surface area (Å²) in [5, 5.41) is 14.2. The zero-order chi connectivity index (χ0) is 21.4. The van der Waals surface area contributed by atoms with E-state index in [1.165, 1.54) is 0 Å². The Balaban J connectivity index is 1.92. The molecule has 1 aliphatic rings. The molecule has 160 valence electrons. The van der Waals surface area contributed by atoms with Crippen molar-refractivity contribution in [2.24, 2.45) is 5.92 Å². The number of nitrogens with one attached hydrogen (secondary N) is 2. The molecule has 2 rings (SSSR count). The lowest BCUT2D eigenvalue weighted by atomic mass is 9.94. The first-order valence-electron chi connectivity index (χ1n) is 9.86. The molecule has 0 unspecified atom stereocenters. The number of rotatable bonds is 9. The van der Waals surface area contributed by atoms with Gasteiger partial charge in [-0.2, -0.15) is 12.6 Å². The topological polar surface area (TPSA) is 105 Å². The molecule has 0 spiro atoms. The Labute approximate surface area is 177 Å². The highest BCUT2D eigenvalue weighted by Crippen LogP contribution is 2.23. The highest BCUT2D eigenvalue weighted by atomic mass is 32.1. The van der Waals surface area contributed by atoms with Gasteiger partial charge in [-0.25, -0.2) is 4.79 Å². The van der Waals surface area contributed by atoms with E-state index in [4.69, 9.17) is 4.74 Å². The van der Waals surface area contributed by atoms with Crippen LogP contribution in [0.15, 0.2) is 30.3 Å². The van der Waals surface area contributed by atoms with Crippen molar-refractivity contribution >= 4 is 30.4 Å². The third-order valence-corrected chi connectivity index (χ3v) is 5.81. The van der Waals surface area contributed by atoms with Gasteiger partial charge < -0.3 is 20.5 Å². The van der Waals surface area contributed by atoms with Gasteiger partial charge in [0.25, 0.3) is 0 Å². The molecule has 0 aromatic heterocycles. The maximum absolute atomic E-state index is 12.7. The van der Waals surface area contributed by atoms with E-state index in [9.17, 15) is 19.5 Å². The molecule has 8 heteroatoms. The van der Waals surface area contributed by atoms with Gasteiger partial charge in [-0.15, -0.1) is 0 Å². The number of carbonyl (C=O) groups excluding carboxylic acids is 2. The number of carboxylic acid groups (broad SMARTS) is 1. The van der Waals surface area contributed by atoms with Crippen LogP contribution in [-0.2, 0) is 25.5 Å². The molecule has 3 N–H and O–H groups in total. The van der Waals surface area contributed by atoms with Crippen LogP contribution in [0.5, 0.6) is 0 Å². The molecule has 0 aliphatic carbocycles. The molecule has 1 fully saturated rings. The highest BCUT2D eigenvalue weighted by molar-refractivity contribution is 7.81. The van der Waals surface area contributed by atoms with Gasteiger partial charge in [-0.1, -0.05) is 30.3 Å². The van der Waals surface area contributed by atoms with E-state index in [-0.39, 0.29) is 18.2 Å². The van der Waals surface area contributed by atoms with Crippen LogP contribution < -0.4 is 10.6 Å². The van der Waals surface area contributed by atoms with Crippen molar-refractivity contribution in [3.05, 3.63) is 35.9 Å². The molecule has 0 bridgehead atoms. The van der Waals surface area contributed by atoms with Crippen molar-refractivity contribution < 1.29 is 24.2 Å². The smallest absolute Gasteiger partial charge is 0.326 e. The van der Waals surface area contributed by atoms with Crippen molar-refractivity contribution in [2.75, 3.05) is 13.2 Å². The number of aryl methyl sites for hydroxylation is 1. The molecule has 1 aromatic carbocycles. The number of benzene rings is 1. The van der Waals surface area contributed by atoms with E-state index in [1.54, 1.807) is 13.8 Å². The van der Waals surface area contributed by atoms with Gasteiger partial charge in [-0.3, -0.25) is 9.59 Å². The number of hydrogen-bond acceptors (Lipinski definition) is 5. The average Bonchev–Trinajstić information content (AvgIpc) is 2.71. The summed E-state index contributed by atoms with van der Waals surface area (Å²) in [6, 6.07) is 8.44. The van der Waals surface area contributed by atoms with E-state index in [0.29, 0.717) is 19.6 Å². The molecule has 1 aromatic rings. The minimum atomic E-state index is -1.26. The van der Waals surface area contributed by atoms with Gasteiger partial charge in [0.05, 0.1) is 5.25 Å². The minimum absolute atomic E-state index is 0.0867. The van der Waals surface area contributed by atoms with Crippen LogP contribution >= 0.6 is 12.6 Å². The third kappa shape index (κ3) is 7.04. The molecule has 0 saturated carbocycles. The van der Waals surface area contributed by atoms with Crippen molar-refractivity contribution in [3.8, 4) is 0 Å². The minimum Gasteiger partial charge on any atom is -0.480 e. The Morgan fingerprint density at radius 2 is 1.83 bits per heavy atom. The summed E-state index contributed by atoms with van der Waals surface area (Å²) in [4.78, 5) is 36.9. The van der Waals surface area contributed by atoms with Crippen LogP contribution in [0.2, 0.25) is 0 Å². The van der Waals surface area contributed by atoms with E-state index in [0.717, 1.165) is 18.4 Å². The maximum atomic E-state index is 12.7. The van der Waals surface area contributed by atoms with E-state index in [1.807, 2.05) is 30.3 Å². The second kappa shape index (κ2) is 10.6. The zero-order valence-electron chi connectivity index (χ0n) is 16.9. The fraction of sp³-hybridized carbons (Fsp3) is 0.571. The van der Waals surface area contributed by atoms with E-state index >= 15 is 0 Å². The normalized spacial score (nSPS) is 17.2. The predicted octanol–water partition coefficient (Wildman–Crippen LogP) is 1.81. The molecule has 0 radical (unpaired) electrons. The highest BCUT2D eigenvalue weighted by Gasteiger charge is 2.36. The fourth-order valence-electron chi connectivity index (χ4n) is 3.24.